The maximum atomic E-state index is 12.6. The summed E-state index contributed by atoms with van der Waals surface area (Å²) in [5.74, 6) is -0.0251. The van der Waals surface area contributed by atoms with E-state index in [1.807, 2.05) is 37.4 Å². The number of anilines is 1. The van der Waals surface area contributed by atoms with Gasteiger partial charge in [-0.25, -0.2) is 9.97 Å². The molecule has 1 aromatic carbocycles. The summed E-state index contributed by atoms with van der Waals surface area (Å²) in [5, 5.41) is 4.71. The van der Waals surface area contributed by atoms with Gasteiger partial charge in [0, 0.05) is 15.2 Å². The van der Waals surface area contributed by atoms with Crippen LogP contribution < -0.4 is 5.32 Å². The number of benzene rings is 1. The molecule has 0 aliphatic carbocycles. The Hall–Kier alpha value is -1.57. The first-order valence-electron chi connectivity index (χ1n) is 7.82. The Kier molecular flexibility index (Phi) is 5.66. The SMILES string of the molecule is CSc1ccccc1NC(=O)C(C)Sc1ncnc2sc(C)c(C)c12. The fraction of sp³-hybridized carbons (Fsp3) is 0.278. The van der Waals surface area contributed by atoms with E-state index in [0.717, 1.165) is 25.8 Å². The minimum Gasteiger partial charge on any atom is -0.324 e. The number of nitrogens with zero attached hydrogens (tertiary/aromatic N) is 2. The average molecular weight is 390 g/mol. The number of para-hydroxylation sites is 1. The van der Waals surface area contributed by atoms with E-state index >= 15 is 0 Å². The second-order valence-corrected chi connectivity index (χ2v) is 8.97. The van der Waals surface area contributed by atoms with Gasteiger partial charge in [-0.1, -0.05) is 23.9 Å². The molecule has 0 aliphatic heterocycles. The third kappa shape index (κ3) is 3.83. The van der Waals surface area contributed by atoms with Crippen molar-refractivity contribution in [2.45, 2.75) is 35.9 Å². The molecule has 0 saturated carbocycles. The molecule has 3 aromatic rings. The van der Waals surface area contributed by atoms with Crippen LogP contribution in [0, 0.1) is 13.8 Å². The Morgan fingerprint density at radius 3 is 2.76 bits per heavy atom. The van der Waals surface area contributed by atoms with Crippen molar-refractivity contribution in [3.8, 4) is 0 Å². The number of thiophene rings is 1. The molecule has 1 amide bonds. The molecule has 0 fully saturated rings. The van der Waals surface area contributed by atoms with E-state index in [0.29, 0.717) is 0 Å². The zero-order chi connectivity index (χ0) is 18.0. The molecule has 0 radical (unpaired) electrons. The van der Waals surface area contributed by atoms with Crippen molar-refractivity contribution >= 4 is 56.7 Å². The summed E-state index contributed by atoms with van der Waals surface area (Å²) in [7, 11) is 0. The number of hydrogen-bond donors (Lipinski definition) is 1. The van der Waals surface area contributed by atoms with Crippen LogP contribution >= 0.6 is 34.9 Å². The number of carbonyl (C=O) groups is 1. The minimum atomic E-state index is -0.257. The average Bonchev–Trinajstić information content (AvgIpc) is 2.90. The summed E-state index contributed by atoms with van der Waals surface area (Å²) in [6, 6.07) is 7.83. The highest BCUT2D eigenvalue weighted by molar-refractivity contribution is 8.00. The molecule has 1 N–H and O–H groups in total. The molecule has 0 spiro atoms. The quantitative estimate of drug-likeness (QED) is 0.483. The zero-order valence-corrected chi connectivity index (χ0v) is 16.9. The second kappa shape index (κ2) is 7.76. The van der Waals surface area contributed by atoms with Gasteiger partial charge in [-0.3, -0.25) is 4.79 Å². The van der Waals surface area contributed by atoms with Crippen molar-refractivity contribution < 1.29 is 4.79 Å². The van der Waals surface area contributed by atoms with Gasteiger partial charge in [0.2, 0.25) is 5.91 Å². The van der Waals surface area contributed by atoms with Crippen molar-refractivity contribution in [1.29, 1.82) is 0 Å². The number of rotatable bonds is 5. The Morgan fingerprint density at radius 1 is 1.24 bits per heavy atom. The van der Waals surface area contributed by atoms with Crippen LogP contribution in [-0.4, -0.2) is 27.4 Å². The molecule has 2 heterocycles. The van der Waals surface area contributed by atoms with E-state index in [4.69, 9.17) is 0 Å². The third-order valence-corrected chi connectivity index (χ3v) is 6.96. The summed E-state index contributed by atoms with van der Waals surface area (Å²) in [6.45, 7) is 6.08. The number of aromatic nitrogens is 2. The maximum absolute atomic E-state index is 12.6. The van der Waals surface area contributed by atoms with Crippen LogP contribution in [0.15, 0.2) is 40.5 Å². The van der Waals surface area contributed by atoms with Crippen LogP contribution in [0.3, 0.4) is 0 Å². The Labute approximate surface area is 159 Å². The Morgan fingerprint density at radius 2 is 2.00 bits per heavy atom. The smallest absolute Gasteiger partial charge is 0.237 e. The number of nitrogens with one attached hydrogen (secondary N) is 1. The third-order valence-electron chi connectivity index (χ3n) is 3.95. The Balaban J connectivity index is 1.80. The summed E-state index contributed by atoms with van der Waals surface area (Å²) >= 11 is 4.77. The predicted molar refractivity (Wildman–Crippen MR) is 109 cm³/mol. The number of aryl methyl sites for hydroxylation is 2. The number of fused-ring (bicyclic) bond motifs is 1. The summed E-state index contributed by atoms with van der Waals surface area (Å²) in [6.07, 6.45) is 3.58. The topological polar surface area (TPSA) is 54.9 Å². The van der Waals surface area contributed by atoms with Crippen molar-refractivity contribution in [2.24, 2.45) is 0 Å². The highest BCUT2D eigenvalue weighted by Crippen LogP contribution is 2.36. The standard InChI is InChI=1S/C18H19N3OS3/c1-10-11(2)24-17-15(10)18(20-9-19-17)25-12(3)16(22)21-13-7-5-6-8-14(13)23-4/h5-9,12H,1-4H3,(H,21,22). The van der Waals surface area contributed by atoms with E-state index in [1.54, 1.807) is 29.4 Å². The molecule has 1 atom stereocenters. The highest BCUT2D eigenvalue weighted by Gasteiger charge is 2.20. The van der Waals surface area contributed by atoms with Gasteiger partial charge < -0.3 is 5.32 Å². The molecule has 25 heavy (non-hydrogen) atoms. The van der Waals surface area contributed by atoms with Crippen LogP contribution in [0.2, 0.25) is 0 Å². The number of carbonyl (C=O) groups excluding carboxylic acids is 1. The molecular weight excluding hydrogens is 370 g/mol. The summed E-state index contributed by atoms with van der Waals surface area (Å²) in [5.41, 5.74) is 2.05. The van der Waals surface area contributed by atoms with Crippen LogP contribution in [0.4, 0.5) is 5.69 Å². The lowest BCUT2D eigenvalue weighted by Crippen LogP contribution is -2.22. The van der Waals surface area contributed by atoms with E-state index in [2.05, 4.69) is 29.1 Å². The number of thioether (sulfide) groups is 2. The second-order valence-electron chi connectivity index (χ2n) is 5.59. The molecule has 3 rings (SSSR count). The van der Waals surface area contributed by atoms with Crippen molar-refractivity contribution in [3.05, 3.63) is 41.0 Å². The first-order chi connectivity index (χ1) is 12.0. The first-order valence-corrected chi connectivity index (χ1v) is 10.7. The van der Waals surface area contributed by atoms with Gasteiger partial charge in [-0.2, -0.15) is 0 Å². The number of amides is 1. The van der Waals surface area contributed by atoms with Crippen LogP contribution in [0.1, 0.15) is 17.4 Å². The molecule has 7 heteroatoms. The van der Waals surface area contributed by atoms with E-state index in [9.17, 15) is 4.79 Å². The number of hydrogen-bond acceptors (Lipinski definition) is 6. The monoisotopic (exact) mass is 389 g/mol. The summed E-state index contributed by atoms with van der Waals surface area (Å²) < 4.78 is 0. The highest BCUT2D eigenvalue weighted by atomic mass is 32.2. The van der Waals surface area contributed by atoms with E-state index in [-0.39, 0.29) is 11.2 Å². The van der Waals surface area contributed by atoms with Gasteiger partial charge in [0.1, 0.15) is 16.2 Å². The Bertz CT molecular complexity index is 923. The summed E-state index contributed by atoms with van der Waals surface area (Å²) in [4.78, 5) is 24.7. The van der Waals surface area contributed by atoms with Gasteiger partial charge in [-0.15, -0.1) is 23.1 Å². The maximum Gasteiger partial charge on any atom is 0.237 e. The van der Waals surface area contributed by atoms with Crippen LogP contribution in [0.5, 0.6) is 0 Å². The van der Waals surface area contributed by atoms with Gasteiger partial charge >= 0.3 is 0 Å². The first kappa shape index (κ1) is 18.2. The van der Waals surface area contributed by atoms with E-state index in [1.165, 1.54) is 22.2 Å². The normalized spacial score (nSPS) is 12.3. The van der Waals surface area contributed by atoms with Gasteiger partial charge in [0.25, 0.3) is 0 Å². The van der Waals surface area contributed by atoms with Crippen LogP contribution in [0.25, 0.3) is 10.2 Å². The van der Waals surface area contributed by atoms with Crippen molar-refractivity contribution in [3.63, 3.8) is 0 Å². The minimum absolute atomic E-state index is 0.0251. The van der Waals surface area contributed by atoms with Gasteiger partial charge in [0.05, 0.1) is 10.9 Å². The fourth-order valence-corrected chi connectivity index (χ4v) is 5.03. The zero-order valence-electron chi connectivity index (χ0n) is 14.5. The lowest BCUT2D eigenvalue weighted by Gasteiger charge is -2.14. The molecule has 0 saturated heterocycles. The molecular formula is C18H19N3OS3. The lowest BCUT2D eigenvalue weighted by atomic mass is 10.2. The molecule has 130 valence electrons. The lowest BCUT2D eigenvalue weighted by molar-refractivity contribution is -0.115. The molecule has 4 nitrogen and oxygen atoms in total. The van der Waals surface area contributed by atoms with E-state index < -0.39 is 0 Å². The van der Waals surface area contributed by atoms with Crippen molar-refractivity contribution in [2.75, 3.05) is 11.6 Å². The van der Waals surface area contributed by atoms with Crippen LogP contribution in [-0.2, 0) is 4.79 Å². The molecule has 2 aromatic heterocycles. The van der Waals surface area contributed by atoms with Gasteiger partial charge in [0.15, 0.2) is 0 Å². The largest absolute Gasteiger partial charge is 0.324 e. The predicted octanol–water partition coefficient (Wildman–Crippen LogP) is 5.15. The fourth-order valence-electron chi connectivity index (χ4n) is 2.44. The van der Waals surface area contributed by atoms with Gasteiger partial charge in [-0.05, 0) is 44.7 Å². The van der Waals surface area contributed by atoms with Crippen molar-refractivity contribution in [1.82, 2.24) is 9.97 Å². The molecule has 1 unspecified atom stereocenters. The molecule has 0 aliphatic rings. The molecule has 0 bridgehead atoms.